The van der Waals surface area contributed by atoms with E-state index in [1.807, 2.05) is 63.2 Å². The van der Waals surface area contributed by atoms with Gasteiger partial charge in [0.2, 0.25) is 15.9 Å². The van der Waals surface area contributed by atoms with Crippen molar-refractivity contribution < 1.29 is 13.2 Å². The molecule has 0 atom stereocenters. The van der Waals surface area contributed by atoms with Crippen LogP contribution in [0.15, 0.2) is 42.5 Å². The molecule has 7 heteroatoms. The Morgan fingerprint density at radius 1 is 0.963 bits per heavy atom. The van der Waals surface area contributed by atoms with Crippen LogP contribution in [0.3, 0.4) is 0 Å². The van der Waals surface area contributed by atoms with Crippen molar-refractivity contribution in [1.82, 2.24) is 0 Å². The predicted octanol–water partition coefficient (Wildman–Crippen LogP) is 3.16. The van der Waals surface area contributed by atoms with E-state index in [9.17, 15) is 13.2 Å². The predicted molar refractivity (Wildman–Crippen MR) is 112 cm³/mol. The van der Waals surface area contributed by atoms with Gasteiger partial charge in [0.1, 0.15) is 0 Å². The number of benzene rings is 2. The van der Waals surface area contributed by atoms with E-state index in [0.717, 1.165) is 23.1 Å². The maximum Gasteiger partial charge on any atom is 0.232 e. The lowest BCUT2D eigenvalue weighted by Gasteiger charge is -2.23. The molecule has 27 heavy (non-hydrogen) atoms. The minimum absolute atomic E-state index is 0.0649. The number of carbonyl (C=O) groups is 1. The molecule has 0 saturated heterocycles. The second-order valence-electron chi connectivity index (χ2n) is 6.84. The van der Waals surface area contributed by atoms with E-state index in [-0.39, 0.29) is 18.9 Å². The number of hydrogen-bond acceptors (Lipinski definition) is 4. The number of sulfonamides is 1. The molecule has 0 spiro atoms. The molecule has 0 fully saturated rings. The third kappa shape index (κ3) is 5.72. The summed E-state index contributed by atoms with van der Waals surface area (Å²) in [6.07, 6.45) is 1.21. The number of nitrogens with one attached hydrogen (secondary N) is 1. The first-order valence-corrected chi connectivity index (χ1v) is 10.5. The summed E-state index contributed by atoms with van der Waals surface area (Å²) < 4.78 is 25.6. The summed E-state index contributed by atoms with van der Waals surface area (Å²) in [5.41, 5.74) is 4.47. The maximum atomic E-state index is 12.3. The minimum Gasteiger partial charge on any atom is -0.378 e. The first-order chi connectivity index (χ1) is 12.6. The maximum absolute atomic E-state index is 12.3. The average molecular weight is 390 g/mol. The number of amides is 1. The van der Waals surface area contributed by atoms with Crippen LogP contribution in [0.25, 0.3) is 0 Å². The standard InChI is InChI=1S/C20H27N3O3S/c1-15-6-7-17(14-16(15)2)21-20(24)12-13-23(27(5,25)26)19-10-8-18(9-11-19)22(3)4/h6-11,14H,12-13H2,1-5H3,(H,21,24). The molecule has 6 nitrogen and oxygen atoms in total. The molecule has 2 rings (SSSR count). The fraction of sp³-hybridized carbons (Fsp3) is 0.350. The van der Waals surface area contributed by atoms with E-state index in [2.05, 4.69) is 5.32 Å². The normalized spacial score (nSPS) is 11.1. The van der Waals surface area contributed by atoms with E-state index in [0.29, 0.717) is 11.4 Å². The number of nitrogens with zero attached hydrogens (tertiary/aromatic N) is 2. The summed E-state index contributed by atoms with van der Waals surface area (Å²) >= 11 is 0. The van der Waals surface area contributed by atoms with E-state index in [1.165, 1.54) is 4.31 Å². The highest BCUT2D eigenvalue weighted by molar-refractivity contribution is 7.92. The van der Waals surface area contributed by atoms with Gasteiger partial charge in [0, 0.05) is 38.4 Å². The molecule has 2 aromatic rings. The summed E-state index contributed by atoms with van der Waals surface area (Å²) in [5, 5.41) is 2.83. The third-order valence-electron chi connectivity index (χ3n) is 4.39. The van der Waals surface area contributed by atoms with Crippen molar-refractivity contribution in [2.24, 2.45) is 0 Å². The van der Waals surface area contributed by atoms with Crippen LogP contribution in [0.1, 0.15) is 17.5 Å². The highest BCUT2D eigenvalue weighted by atomic mass is 32.2. The summed E-state index contributed by atoms with van der Waals surface area (Å²) in [4.78, 5) is 14.2. The van der Waals surface area contributed by atoms with Crippen LogP contribution in [-0.4, -0.2) is 41.2 Å². The Kier molecular flexibility index (Phi) is 6.49. The molecular weight excluding hydrogens is 362 g/mol. The van der Waals surface area contributed by atoms with Gasteiger partial charge in [-0.3, -0.25) is 9.10 Å². The quantitative estimate of drug-likeness (QED) is 0.790. The van der Waals surface area contributed by atoms with Gasteiger partial charge < -0.3 is 10.2 Å². The zero-order valence-electron chi connectivity index (χ0n) is 16.5. The van der Waals surface area contributed by atoms with Crippen molar-refractivity contribution in [2.75, 3.05) is 41.4 Å². The highest BCUT2D eigenvalue weighted by Gasteiger charge is 2.19. The first-order valence-electron chi connectivity index (χ1n) is 8.70. The second-order valence-corrected chi connectivity index (χ2v) is 8.75. The van der Waals surface area contributed by atoms with Crippen LogP contribution in [0.4, 0.5) is 17.1 Å². The Labute approximate surface area is 161 Å². The summed E-state index contributed by atoms with van der Waals surface area (Å²) in [6, 6.07) is 12.9. The molecule has 1 amide bonds. The summed E-state index contributed by atoms with van der Waals surface area (Å²) in [7, 11) is 0.342. The topological polar surface area (TPSA) is 69.7 Å². The molecule has 0 saturated carbocycles. The Hall–Kier alpha value is -2.54. The van der Waals surface area contributed by atoms with E-state index in [4.69, 9.17) is 0 Å². The van der Waals surface area contributed by atoms with Gasteiger partial charge >= 0.3 is 0 Å². The molecule has 0 unspecified atom stereocenters. The van der Waals surface area contributed by atoms with Gasteiger partial charge in [-0.25, -0.2) is 8.42 Å². The van der Waals surface area contributed by atoms with Crippen LogP contribution >= 0.6 is 0 Å². The van der Waals surface area contributed by atoms with Crippen LogP contribution in [-0.2, 0) is 14.8 Å². The Bertz CT molecular complexity index is 907. The van der Waals surface area contributed by atoms with Crippen molar-refractivity contribution in [2.45, 2.75) is 20.3 Å². The van der Waals surface area contributed by atoms with Gasteiger partial charge in [0.15, 0.2) is 0 Å². The minimum atomic E-state index is -3.49. The second kappa shape index (κ2) is 8.43. The van der Waals surface area contributed by atoms with E-state index < -0.39 is 10.0 Å². The van der Waals surface area contributed by atoms with Gasteiger partial charge in [-0.05, 0) is 61.4 Å². The summed E-state index contributed by atoms with van der Waals surface area (Å²) in [6.45, 7) is 4.07. The number of rotatable bonds is 7. The summed E-state index contributed by atoms with van der Waals surface area (Å²) in [5.74, 6) is -0.225. The average Bonchev–Trinajstić information content (AvgIpc) is 2.57. The van der Waals surface area contributed by atoms with E-state index in [1.54, 1.807) is 12.1 Å². The molecule has 2 aromatic carbocycles. The third-order valence-corrected chi connectivity index (χ3v) is 5.58. The first kappa shape index (κ1) is 20.8. The van der Waals surface area contributed by atoms with Crippen LogP contribution < -0.4 is 14.5 Å². The fourth-order valence-corrected chi connectivity index (χ4v) is 3.58. The van der Waals surface area contributed by atoms with Gasteiger partial charge in [-0.2, -0.15) is 0 Å². The Morgan fingerprint density at radius 3 is 2.07 bits per heavy atom. The van der Waals surface area contributed by atoms with Crippen molar-refractivity contribution in [3.8, 4) is 0 Å². The molecule has 146 valence electrons. The van der Waals surface area contributed by atoms with Gasteiger partial charge in [-0.1, -0.05) is 6.07 Å². The fourth-order valence-electron chi connectivity index (χ4n) is 2.65. The lowest BCUT2D eigenvalue weighted by atomic mass is 10.1. The van der Waals surface area contributed by atoms with Crippen LogP contribution in [0.2, 0.25) is 0 Å². The zero-order valence-corrected chi connectivity index (χ0v) is 17.3. The molecule has 0 aliphatic heterocycles. The van der Waals surface area contributed by atoms with Crippen LogP contribution in [0.5, 0.6) is 0 Å². The molecule has 0 aliphatic carbocycles. The molecule has 0 radical (unpaired) electrons. The molecule has 0 aromatic heterocycles. The molecule has 0 heterocycles. The van der Waals surface area contributed by atoms with Crippen molar-refractivity contribution in [3.63, 3.8) is 0 Å². The van der Waals surface area contributed by atoms with Gasteiger partial charge in [0.25, 0.3) is 0 Å². The number of aryl methyl sites for hydroxylation is 2. The Morgan fingerprint density at radius 2 is 1.56 bits per heavy atom. The lowest BCUT2D eigenvalue weighted by molar-refractivity contribution is -0.116. The number of carbonyl (C=O) groups excluding carboxylic acids is 1. The number of hydrogen-bond donors (Lipinski definition) is 1. The highest BCUT2D eigenvalue weighted by Crippen LogP contribution is 2.22. The van der Waals surface area contributed by atoms with Crippen LogP contribution in [0, 0.1) is 13.8 Å². The lowest BCUT2D eigenvalue weighted by Crippen LogP contribution is -2.33. The van der Waals surface area contributed by atoms with Gasteiger partial charge in [0.05, 0.1) is 11.9 Å². The SMILES string of the molecule is Cc1ccc(NC(=O)CCN(c2ccc(N(C)C)cc2)S(C)(=O)=O)cc1C. The molecule has 0 aliphatic rings. The molecular formula is C20H27N3O3S. The monoisotopic (exact) mass is 389 g/mol. The Balaban J connectivity index is 2.08. The van der Waals surface area contributed by atoms with Crippen molar-refractivity contribution in [3.05, 3.63) is 53.6 Å². The van der Waals surface area contributed by atoms with Gasteiger partial charge in [-0.15, -0.1) is 0 Å². The van der Waals surface area contributed by atoms with E-state index >= 15 is 0 Å². The van der Waals surface area contributed by atoms with Crippen molar-refractivity contribution >= 4 is 33.0 Å². The smallest absolute Gasteiger partial charge is 0.232 e. The number of anilines is 3. The molecule has 0 bridgehead atoms. The largest absolute Gasteiger partial charge is 0.378 e. The zero-order chi connectivity index (χ0) is 20.2. The molecule has 1 N–H and O–H groups in total. The van der Waals surface area contributed by atoms with Crippen molar-refractivity contribution in [1.29, 1.82) is 0 Å².